The molecule has 2 aromatic heterocycles. The quantitative estimate of drug-likeness (QED) is 0.722. The van der Waals surface area contributed by atoms with E-state index in [1.165, 1.54) is 12.1 Å². The summed E-state index contributed by atoms with van der Waals surface area (Å²) in [5.74, 6) is 0.186. The molecule has 110 valence electrons. The van der Waals surface area contributed by atoms with Gasteiger partial charge in [0.05, 0.1) is 17.4 Å². The molecule has 4 nitrogen and oxygen atoms in total. The summed E-state index contributed by atoms with van der Waals surface area (Å²) in [6.45, 7) is 2.03. The fourth-order valence-corrected chi connectivity index (χ4v) is 2.08. The third kappa shape index (κ3) is 2.93. The van der Waals surface area contributed by atoms with Crippen LogP contribution in [0.2, 0.25) is 0 Å². The smallest absolute Gasteiger partial charge is 0.234 e. The number of allylic oxidation sites excluding steroid dienone is 1. The first kappa shape index (κ1) is 14.1. The number of nitrogens with zero attached hydrogens (tertiary/aromatic N) is 4. The van der Waals surface area contributed by atoms with Crippen LogP contribution in [0.1, 0.15) is 13.3 Å². The highest BCUT2D eigenvalue weighted by molar-refractivity contribution is 5.75. The third-order valence-electron chi connectivity index (χ3n) is 3.13. The molecule has 0 spiro atoms. The molecule has 0 aliphatic heterocycles. The van der Waals surface area contributed by atoms with Gasteiger partial charge in [-0.15, -0.1) is 0 Å². The van der Waals surface area contributed by atoms with E-state index in [-0.39, 0.29) is 5.82 Å². The Balaban J connectivity index is 2.09. The van der Waals surface area contributed by atoms with Gasteiger partial charge in [-0.3, -0.25) is 9.88 Å². The number of rotatable bonds is 4. The molecule has 3 aromatic rings. The van der Waals surface area contributed by atoms with E-state index < -0.39 is 0 Å². The van der Waals surface area contributed by atoms with E-state index in [2.05, 4.69) is 15.0 Å². The molecular weight excluding hydrogens is 279 g/mol. The second-order valence-corrected chi connectivity index (χ2v) is 4.72. The molecule has 0 saturated heterocycles. The SMILES string of the molecule is CCC=CN(c1cccc(F)c1)c1ncc2ncccc2n1. The van der Waals surface area contributed by atoms with E-state index in [0.29, 0.717) is 11.6 Å². The van der Waals surface area contributed by atoms with Crippen molar-refractivity contribution in [1.29, 1.82) is 0 Å². The van der Waals surface area contributed by atoms with Crippen molar-refractivity contribution in [2.24, 2.45) is 0 Å². The summed E-state index contributed by atoms with van der Waals surface area (Å²) in [6, 6.07) is 10.1. The predicted molar refractivity (Wildman–Crippen MR) is 85.3 cm³/mol. The van der Waals surface area contributed by atoms with Crippen LogP contribution in [-0.4, -0.2) is 15.0 Å². The van der Waals surface area contributed by atoms with E-state index in [4.69, 9.17) is 0 Å². The largest absolute Gasteiger partial charge is 0.286 e. The zero-order chi connectivity index (χ0) is 15.4. The Morgan fingerprint density at radius 2 is 2.05 bits per heavy atom. The minimum absolute atomic E-state index is 0.296. The van der Waals surface area contributed by atoms with Crippen molar-refractivity contribution >= 4 is 22.7 Å². The molecule has 0 N–H and O–H groups in total. The van der Waals surface area contributed by atoms with E-state index in [9.17, 15) is 4.39 Å². The van der Waals surface area contributed by atoms with Crippen molar-refractivity contribution in [1.82, 2.24) is 15.0 Å². The number of fused-ring (bicyclic) bond motifs is 1. The zero-order valence-corrected chi connectivity index (χ0v) is 12.1. The van der Waals surface area contributed by atoms with Gasteiger partial charge < -0.3 is 0 Å². The summed E-state index contributed by atoms with van der Waals surface area (Å²) < 4.78 is 13.5. The van der Waals surface area contributed by atoms with Gasteiger partial charge in [0, 0.05) is 12.4 Å². The highest BCUT2D eigenvalue weighted by Crippen LogP contribution is 2.24. The second kappa shape index (κ2) is 6.30. The van der Waals surface area contributed by atoms with Crippen LogP contribution in [0, 0.1) is 5.82 Å². The third-order valence-corrected chi connectivity index (χ3v) is 3.13. The number of hydrogen-bond acceptors (Lipinski definition) is 4. The van der Waals surface area contributed by atoms with Crippen LogP contribution in [0.15, 0.2) is 61.1 Å². The lowest BCUT2D eigenvalue weighted by molar-refractivity contribution is 0.628. The molecule has 0 amide bonds. The molecule has 22 heavy (non-hydrogen) atoms. The normalized spacial score (nSPS) is 11.2. The fraction of sp³-hybridized carbons (Fsp3) is 0.118. The number of anilines is 2. The Labute approximate surface area is 128 Å². The molecular formula is C17H15FN4. The second-order valence-electron chi connectivity index (χ2n) is 4.72. The Bertz CT molecular complexity index is 816. The molecule has 5 heteroatoms. The van der Waals surface area contributed by atoms with E-state index >= 15 is 0 Å². The first-order chi connectivity index (χ1) is 10.8. The summed E-state index contributed by atoms with van der Waals surface area (Å²) in [4.78, 5) is 14.8. The fourth-order valence-electron chi connectivity index (χ4n) is 2.08. The average molecular weight is 294 g/mol. The summed E-state index contributed by atoms with van der Waals surface area (Å²) in [7, 11) is 0. The molecule has 0 atom stereocenters. The predicted octanol–water partition coefficient (Wildman–Crippen LogP) is 4.23. The molecule has 0 saturated carbocycles. The number of halogens is 1. The van der Waals surface area contributed by atoms with E-state index in [1.807, 2.05) is 37.4 Å². The lowest BCUT2D eigenvalue weighted by Crippen LogP contribution is -2.12. The lowest BCUT2D eigenvalue weighted by atomic mass is 10.3. The molecule has 0 unspecified atom stereocenters. The minimum atomic E-state index is -0.296. The van der Waals surface area contributed by atoms with Crippen molar-refractivity contribution in [3.05, 3.63) is 66.9 Å². The lowest BCUT2D eigenvalue weighted by Gasteiger charge is -2.18. The Kier molecular flexibility index (Phi) is 4.05. The maximum atomic E-state index is 13.5. The molecule has 1 aromatic carbocycles. The van der Waals surface area contributed by atoms with Crippen LogP contribution in [0.4, 0.5) is 16.0 Å². The Morgan fingerprint density at radius 1 is 1.14 bits per heavy atom. The molecule has 0 fully saturated rings. The topological polar surface area (TPSA) is 41.9 Å². The summed E-state index contributed by atoms with van der Waals surface area (Å²) in [6.07, 6.45) is 8.06. The molecule has 0 radical (unpaired) electrons. The van der Waals surface area contributed by atoms with Gasteiger partial charge in [0.25, 0.3) is 0 Å². The molecule has 0 bridgehead atoms. The first-order valence-electron chi connectivity index (χ1n) is 7.07. The van der Waals surface area contributed by atoms with Gasteiger partial charge in [0.2, 0.25) is 5.95 Å². The van der Waals surface area contributed by atoms with Crippen molar-refractivity contribution in [3.63, 3.8) is 0 Å². The van der Waals surface area contributed by atoms with Gasteiger partial charge in [0.1, 0.15) is 11.3 Å². The monoisotopic (exact) mass is 294 g/mol. The van der Waals surface area contributed by atoms with Crippen LogP contribution in [0.25, 0.3) is 11.0 Å². The van der Waals surface area contributed by atoms with Crippen molar-refractivity contribution in [3.8, 4) is 0 Å². The highest BCUT2D eigenvalue weighted by Gasteiger charge is 2.11. The van der Waals surface area contributed by atoms with Crippen molar-refractivity contribution < 1.29 is 4.39 Å². The van der Waals surface area contributed by atoms with E-state index in [0.717, 1.165) is 17.5 Å². The van der Waals surface area contributed by atoms with Gasteiger partial charge in [-0.05, 0) is 36.8 Å². The minimum Gasteiger partial charge on any atom is -0.286 e. The number of hydrogen-bond donors (Lipinski definition) is 0. The summed E-state index contributed by atoms with van der Waals surface area (Å²) in [5.41, 5.74) is 2.15. The maximum Gasteiger partial charge on any atom is 0.234 e. The number of pyridine rings is 1. The summed E-state index contributed by atoms with van der Waals surface area (Å²) >= 11 is 0. The van der Waals surface area contributed by atoms with Crippen molar-refractivity contribution in [2.45, 2.75) is 13.3 Å². The Hall–Kier alpha value is -2.82. The Morgan fingerprint density at radius 3 is 2.86 bits per heavy atom. The zero-order valence-electron chi connectivity index (χ0n) is 12.1. The van der Waals surface area contributed by atoms with Gasteiger partial charge >= 0.3 is 0 Å². The van der Waals surface area contributed by atoms with E-state index in [1.54, 1.807) is 23.4 Å². The average Bonchev–Trinajstić information content (AvgIpc) is 2.55. The first-order valence-corrected chi connectivity index (χ1v) is 7.07. The van der Waals surface area contributed by atoms with Crippen LogP contribution in [0.3, 0.4) is 0 Å². The highest BCUT2D eigenvalue weighted by atomic mass is 19.1. The standard InChI is InChI=1S/C17H15FN4/c1-2-3-10-22(14-7-4-6-13(18)11-14)17-20-12-16-15(21-17)8-5-9-19-16/h3-12H,2H2,1H3. The summed E-state index contributed by atoms with van der Waals surface area (Å²) in [5, 5.41) is 0. The molecule has 0 aliphatic rings. The van der Waals surface area contributed by atoms with Gasteiger partial charge in [-0.2, -0.15) is 0 Å². The van der Waals surface area contributed by atoms with Crippen LogP contribution in [-0.2, 0) is 0 Å². The number of aromatic nitrogens is 3. The van der Waals surface area contributed by atoms with Crippen LogP contribution < -0.4 is 4.90 Å². The van der Waals surface area contributed by atoms with Crippen LogP contribution >= 0.6 is 0 Å². The number of benzene rings is 1. The maximum absolute atomic E-state index is 13.5. The van der Waals surface area contributed by atoms with Gasteiger partial charge in [0.15, 0.2) is 0 Å². The van der Waals surface area contributed by atoms with Gasteiger partial charge in [-0.25, -0.2) is 14.4 Å². The van der Waals surface area contributed by atoms with Crippen LogP contribution in [0.5, 0.6) is 0 Å². The van der Waals surface area contributed by atoms with Gasteiger partial charge in [-0.1, -0.05) is 19.1 Å². The molecule has 0 aliphatic carbocycles. The molecule has 3 rings (SSSR count). The van der Waals surface area contributed by atoms with Crippen molar-refractivity contribution in [2.75, 3.05) is 4.90 Å². The molecule has 2 heterocycles.